The van der Waals surface area contributed by atoms with Crippen LogP contribution in [0.2, 0.25) is 0 Å². The van der Waals surface area contributed by atoms with Crippen molar-refractivity contribution in [3.05, 3.63) is 12.2 Å². The SMILES string of the molecule is CC=CC1C(=O)C(C(C)(C)O)CCC1C. The smallest absolute Gasteiger partial charge is 0.145 e. The molecule has 1 rings (SSSR count). The van der Waals surface area contributed by atoms with Gasteiger partial charge in [0.05, 0.1) is 5.60 Å². The molecule has 1 N–H and O–H groups in total. The lowest BCUT2D eigenvalue weighted by Gasteiger charge is -2.37. The van der Waals surface area contributed by atoms with Crippen LogP contribution in [0.4, 0.5) is 0 Å². The first-order valence-corrected chi connectivity index (χ1v) is 5.76. The first-order chi connectivity index (χ1) is 6.88. The van der Waals surface area contributed by atoms with Crippen LogP contribution in [0.5, 0.6) is 0 Å². The third-order valence-electron chi connectivity index (χ3n) is 3.45. The zero-order chi connectivity index (χ0) is 11.6. The summed E-state index contributed by atoms with van der Waals surface area (Å²) in [7, 11) is 0. The van der Waals surface area contributed by atoms with E-state index in [0.29, 0.717) is 5.92 Å². The summed E-state index contributed by atoms with van der Waals surface area (Å²) in [6.45, 7) is 7.52. The number of Topliss-reactive ketones (excluding diaryl/α,β-unsaturated/α-hetero) is 1. The highest BCUT2D eigenvalue weighted by molar-refractivity contribution is 5.86. The largest absolute Gasteiger partial charge is 0.390 e. The molecule has 1 aliphatic rings. The Morgan fingerprint density at radius 3 is 2.47 bits per heavy atom. The molecule has 0 heterocycles. The number of ketones is 1. The van der Waals surface area contributed by atoms with E-state index >= 15 is 0 Å². The van der Waals surface area contributed by atoms with Crippen LogP contribution in [0.1, 0.15) is 40.5 Å². The molecule has 0 aromatic heterocycles. The van der Waals surface area contributed by atoms with E-state index in [9.17, 15) is 9.90 Å². The van der Waals surface area contributed by atoms with E-state index in [2.05, 4.69) is 6.92 Å². The number of hydrogen-bond donors (Lipinski definition) is 1. The van der Waals surface area contributed by atoms with Gasteiger partial charge in [0.2, 0.25) is 0 Å². The Balaban J connectivity index is 2.86. The van der Waals surface area contributed by atoms with E-state index < -0.39 is 5.60 Å². The third-order valence-corrected chi connectivity index (χ3v) is 3.45. The number of hydrogen-bond acceptors (Lipinski definition) is 2. The van der Waals surface area contributed by atoms with Crippen LogP contribution in [-0.4, -0.2) is 16.5 Å². The van der Waals surface area contributed by atoms with Crippen molar-refractivity contribution in [2.75, 3.05) is 0 Å². The first kappa shape index (κ1) is 12.4. The molecule has 1 saturated carbocycles. The molecular weight excluding hydrogens is 188 g/mol. The second-order valence-corrected chi connectivity index (χ2v) is 5.21. The standard InChI is InChI=1S/C13H22O2/c1-5-6-10-9(2)7-8-11(12(10)14)13(3,4)15/h5-6,9-11,15H,7-8H2,1-4H3. The van der Waals surface area contributed by atoms with Crippen LogP contribution in [0.15, 0.2) is 12.2 Å². The highest BCUT2D eigenvalue weighted by Gasteiger charge is 2.41. The molecule has 0 amide bonds. The average Bonchev–Trinajstić information content (AvgIpc) is 2.09. The van der Waals surface area contributed by atoms with E-state index in [0.717, 1.165) is 12.8 Å². The molecule has 2 nitrogen and oxygen atoms in total. The van der Waals surface area contributed by atoms with Gasteiger partial charge in [-0.15, -0.1) is 0 Å². The first-order valence-electron chi connectivity index (χ1n) is 5.76. The lowest BCUT2D eigenvalue weighted by molar-refractivity contribution is -0.138. The number of aliphatic hydroxyl groups is 1. The molecule has 0 aromatic rings. The molecule has 1 fully saturated rings. The van der Waals surface area contributed by atoms with Crippen LogP contribution < -0.4 is 0 Å². The fourth-order valence-corrected chi connectivity index (χ4v) is 2.46. The van der Waals surface area contributed by atoms with Gasteiger partial charge in [-0.3, -0.25) is 4.79 Å². The Hall–Kier alpha value is -0.630. The van der Waals surface area contributed by atoms with Gasteiger partial charge in [0.15, 0.2) is 0 Å². The molecule has 3 unspecified atom stereocenters. The lowest BCUT2D eigenvalue weighted by atomic mass is 9.68. The van der Waals surface area contributed by atoms with Gasteiger partial charge in [-0.1, -0.05) is 19.1 Å². The Labute approximate surface area is 92.4 Å². The summed E-state index contributed by atoms with van der Waals surface area (Å²) < 4.78 is 0. The second kappa shape index (κ2) is 4.48. The monoisotopic (exact) mass is 210 g/mol. The molecule has 0 bridgehead atoms. The summed E-state index contributed by atoms with van der Waals surface area (Å²) in [5, 5.41) is 9.94. The summed E-state index contributed by atoms with van der Waals surface area (Å²) in [6, 6.07) is 0. The molecule has 3 atom stereocenters. The van der Waals surface area contributed by atoms with Crippen molar-refractivity contribution in [2.24, 2.45) is 17.8 Å². The van der Waals surface area contributed by atoms with Crippen LogP contribution in [0, 0.1) is 17.8 Å². The van der Waals surface area contributed by atoms with Crippen molar-refractivity contribution in [1.82, 2.24) is 0 Å². The predicted octanol–water partition coefficient (Wildman–Crippen LogP) is 2.56. The van der Waals surface area contributed by atoms with Crippen molar-refractivity contribution in [2.45, 2.75) is 46.1 Å². The summed E-state index contributed by atoms with van der Waals surface area (Å²) in [4.78, 5) is 12.2. The maximum Gasteiger partial charge on any atom is 0.145 e. The fourth-order valence-electron chi connectivity index (χ4n) is 2.46. The Bertz CT molecular complexity index is 260. The molecule has 86 valence electrons. The molecule has 0 spiro atoms. The van der Waals surface area contributed by atoms with Gasteiger partial charge in [0.1, 0.15) is 5.78 Å². The van der Waals surface area contributed by atoms with Crippen LogP contribution in [0.25, 0.3) is 0 Å². The van der Waals surface area contributed by atoms with Gasteiger partial charge in [-0.05, 0) is 39.5 Å². The third kappa shape index (κ3) is 2.69. The van der Waals surface area contributed by atoms with Gasteiger partial charge < -0.3 is 5.11 Å². The summed E-state index contributed by atoms with van der Waals surface area (Å²) >= 11 is 0. The molecule has 1 aliphatic carbocycles. The van der Waals surface area contributed by atoms with Gasteiger partial charge in [0.25, 0.3) is 0 Å². The lowest BCUT2D eigenvalue weighted by Crippen LogP contribution is -2.44. The quantitative estimate of drug-likeness (QED) is 0.711. The topological polar surface area (TPSA) is 37.3 Å². The highest BCUT2D eigenvalue weighted by atomic mass is 16.3. The average molecular weight is 210 g/mol. The van der Waals surface area contributed by atoms with Crippen molar-refractivity contribution in [3.8, 4) is 0 Å². The van der Waals surface area contributed by atoms with Gasteiger partial charge in [-0.2, -0.15) is 0 Å². The number of allylic oxidation sites excluding steroid dienone is 2. The minimum absolute atomic E-state index is 0.000162. The zero-order valence-corrected chi connectivity index (χ0v) is 10.2. The van der Waals surface area contributed by atoms with Gasteiger partial charge >= 0.3 is 0 Å². The van der Waals surface area contributed by atoms with Gasteiger partial charge in [0, 0.05) is 11.8 Å². The minimum atomic E-state index is -0.878. The van der Waals surface area contributed by atoms with Crippen molar-refractivity contribution in [3.63, 3.8) is 0 Å². The van der Waals surface area contributed by atoms with E-state index in [4.69, 9.17) is 0 Å². The van der Waals surface area contributed by atoms with E-state index in [1.54, 1.807) is 13.8 Å². The second-order valence-electron chi connectivity index (χ2n) is 5.21. The Kier molecular flexibility index (Phi) is 3.72. The Morgan fingerprint density at radius 1 is 1.40 bits per heavy atom. The number of carbonyl (C=O) groups is 1. The van der Waals surface area contributed by atoms with Gasteiger partial charge in [-0.25, -0.2) is 0 Å². The van der Waals surface area contributed by atoms with E-state index in [-0.39, 0.29) is 17.6 Å². The number of rotatable bonds is 2. The zero-order valence-electron chi connectivity index (χ0n) is 10.2. The Morgan fingerprint density at radius 2 is 2.00 bits per heavy atom. The van der Waals surface area contributed by atoms with Crippen LogP contribution >= 0.6 is 0 Å². The van der Waals surface area contributed by atoms with Crippen molar-refractivity contribution >= 4 is 5.78 Å². The molecule has 15 heavy (non-hydrogen) atoms. The highest BCUT2D eigenvalue weighted by Crippen LogP contribution is 2.36. The summed E-state index contributed by atoms with van der Waals surface area (Å²) in [5.74, 6) is 0.418. The van der Waals surface area contributed by atoms with Crippen LogP contribution in [0.3, 0.4) is 0 Å². The maximum atomic E-state index is 12.2. The number of carbonyl (C=O) groups excluding carboxylic acids is 1. The molecule has 0 aliphatic heterocycles. The maximum absolute atomic E-state index is 12.2. The fraction of sp³-hybridized carbons (Fsp3) is 0.769. The summed E-state index contributed by atoms with van der Waals surface area (Å²) in [5.41, 5.74) is -0.878. The van der Waals surface area contributed by atoms with E-state index in [1.165, 1.54) is 0 Å². The normalized spacial score (nSPS) is 33.7. The predicted molar refractivity (Wildman–Crippen MR) is 61.5 cm³/mol. The minimum Gasteiger partial charge on any atom is -0.390 e. The van der Waals surface area contributed by atoms with Crippen LogP contribution in [-0.2, 0) is 4.79 Å². The van der Waals surface area contributed by atoms with Crippen molar-refractivity contribution in [1.29, 1.82) is 0 Å². The molecular formula is C13H22O2. The molecule has 0 aromatic carbocycles. The molecule has 2 heteroatoms. The molecule has 0 saturated heterocycles. The molecule has 0 radical (unpaired) electrons. The van der Waals surface area contributed by atoms with Crippen molar-refractivity contribution < 1.29 is 9.90 Å². The van der Waals surface area contributed by atoms with E-state index in [1.807, 2.05) is 19.1 Å². The summed E-state index contributed by atoms with van der Waals surface area (Å²) in [6.07, 6.45) is 5.75.